The van der Waals surface area contributed by atoms with Gasteiger partial charge in [0.25, 0.3) is 0 Å². The van der Waals surface area contributed by atoms with E-state index in [1.165, 1.54) is 16.2 Å². The summed E-state index contributed by atoms with van der Waals surface area (Å²) in [7, 11) is 0. The fraction of sp³-hybridized carbons (Fsp3) is 0.400. The summed E-state index contributed by atoms with van der Waals surface area (Å²) in [6, 6.07) is 8.88. The van der Waals surface area contributed by atoms with Crippen LogP contribution in [0.15, 0.2) is 30.3 Å². The quantitative estimate of drug-likeness (QED) is 0.719. The molecule has 3 rings (SSSR count). The third-order valence-corrected chi connectivity index (χ3v) is 5.58. The van der Waals surface area contributed by atoms with Crippen LogP contribution in [0.25, 0.3) is 0 Å². The minimum atomic E-state index is -0.354. The van der Waals surface area contributed by atoms with Gasteiger partial charge in [-0.05, 0) is 49.3 Å². The third-order valence-electron chi connectivity index (χ3n) is 4.41. The third kappa shape index (κ3) is 4.25. The van der Waals surface area contributed by atoms with Crippen LogP contribution in [0.3, 0.4) is 0 Å². The molecule has 0 saturated heterocycles. The van der Waals surface area contributed by atoms with Gasteiger partial charge in [-0.3, -0.25) is 5.32 Å². The van der Waals surface area contributed by atoms with Crippen molar-refractivity contribution in [2.24, 2.45) is 5.92 Å². The number of hydrogen-bond donors (Lipinski definition) is 2. The zero-order chi connectivity index (χ0) is 18.5. The average Bonchev–Trinajstić information content (AvgIpc) is 2.97. The second-order valence-corrected chi connectivity index (χ2v) is 7.74. The van der Waals surface area contributed by atoms with Gasteiger partial charge in [-0.1, -0.05) is 32.0 Å². The number of carbonyl (C=O) groups is 2. The highest BCUT2D eigenvalue weighted by atomic mass is 32.1. The SMILES string of the molecule is CCCOC(=O)c1c(NC(=O)Nc2ccccc2)sc2c1CCC(C)C2. The van der Waals surface area contributed by atoms with Crippen LogP contribution in [0, 0.1) is 5.92 Å². The molecule has 5 nitrogen and oxygen atoms in total. The molecule has 1 aromatic carbocycles. The maximum Gasteiger partial charge on any atom is 0.341 e. The van der Waals surface area contributed by atoms with Crippen molar-refractivity contribution in [1.29, 1.82) is 0 Å². The van der Waals surface area contributed by atoms with Crippen LogP contribution >= 0.6 is 11.3 Å². The first-order valence-corrected chi connectivity index (χ1v) is 9.84. The molecule has 2 amide bonds. The van der Waals surface area contributed by atoms with Crippen molar-refractivity contribution in [1.82, 2.24) is 0 Å². The van der Waals surface area contributed by atoms with Crippen LogP contribution in [-0.4, -0.2) is 18.6 Å². The zero-order valence-electron chi connectivity index (χ0n) is 15.1. The highest BCUT2D eigenvalue weighted by Gasteiger charge is 2.29. The van der Waals surface area contributed by atoms with Crippen molar-refractivity contribution in [3.63, 3.8) is 0 Å². The van der Waals surface area contributed by atoms with Crippen LogP contribution in [-0.2, 0) is 17.6 Å². The highest BCUT2D eigenvalue weighted by Crippen LogP contribution is 2.40. The van der Waals surface area contributed by atoms with E-state index in [-0.39, 0.29) is 12.0 Å². The molecule has 0 bridgehead atoms. The van der Waals surface area contributed by atoms with Gasteiger partial charge in [0.15, 0.2) is 0 Å². The first-order chi connectivity index (χ1) is 12.6. The Morgan fingerprint density at radius 3 is 2.73 bits per heavy atom. The number of para-hydroxylation sites is 1. The molecule has 6 heteroatoms. The molecule has 0 aliphatic heterocycles. The summed E-state index contributed by atoms with van der Waals surface area (Å²) in [4.78, 5) is 26.2. The first kappa shape index (κ1) is 18.5. The van der Waals surface area contributed by atoms with Gasteiger partial charge in [-0.2, -0.15) is 0 Å². The Balaban J connectivity index is 1.83. The van der Waals surface area contributed by atoms with E-state index in [0.29, 0.717) is 28.8 Å². The van der Waals surface area contributed by atoms with E-state index >= 15 is 0 Å². The molecule has 2 N–H and O–H groups in total. The van der Waals surface area contributed by atoms with E-state index in [1.54, 1.807) is 0 Å². The smallest absolute Gasteiger partial charge is 0.341 e. The number of anilines is 2. The maximum atomic E-state index is 12.6. The Labute approximate surface area is 157 Å². The molecule has 138 valence electrons. The van der Waals surface area contributed by atoms with Gasteiger partial charge in [0.05, 0.1) is 12.2 Å². The molecule has 1 aliphatic rings. The number of ether oxygens (including phenoxy) is 1. The Bertz CT molecular complexity index is 786. The number of amides is 2. The first-order valence-electron chi connectivity index (χ1n) is 9.03. The standard InChI is InChI=1S/C20H24N2O3S/c1-3-11-25-19(23)17-15-10-9-13(2)12-16(15)26-18(17)22-20(24)21-14-7-5-4-6-8-14/h4-8,13H,3,9-12H2,1-2H3,(H2,21,22,24). The van der Waals surface area contributed by atoms with E-state index in [2.05, 4.69) is 17.6 Å². The lowest BCUT2D eigenvalue weighted by Gasteiger charge is -2.18. The lowest BCUT2D eigenvalue weighted by Crippen LogP contribution is -2.21. The second-order valence-electron chi connectivity index (χ2n) is 6.64. The second kappa shape index (κ2) is 8.36. The molecule has 1 unspecified atom stereocenters. The molecule has 1 aromatic heterocycles. The monoisotopic (exact) mass is 372 g/mol. The summed E-state index contributed by atoms with van der Waals surface area (Å²) in [5.41, 5.74) is 2.29. The number of nitrogens with one attached hydrogen (secondary N) is 2. The molecule has 1 atom stereocenters. The van der Waals surface area contributed by atoms with Crippen molar-refractivity contribution in [2.45, 2.75) is 39.5 Å². The van der Waals surface area contributed by atoms with Crippen LogP contribution < -0.4 is 10.6 Å². The van der Waals surface area contributed by atoms with Gasteiger partial charge in [0.2, 0.25) is 0 Å². The van der Waals surface area contributed by atoms with E-state index in [9.17, 15) is 9.59 Å². The van der Waals surface area contributed by atoms with Crippen molar-refractivity contribution < 1.29 is 14.3 Å². The van der Waals surface area contributed by atoms with Gasteiger partial charge in [-0.15, -0.1) is 11.3 Å². The Kier molecular flexibility index (Phi) is 5.93. The average molecular weight is 372 g/mol. The van der Waals surface area contributed by atoms with Crippen molar-refractivity contribution in [3.8, 4) is 0 Å². The van der Waals surface area contributed by atoms with Gasteiger partial charge >= 0.3 is 12.0 Å². The van der Waals surface area contributed by atoms with E-state index in [4.69, 9.17) is 4.74 Å². The fourth-order valence-corrected chi connectivity index (χ4v) is 4.50. The van der Waals surface area contributed by atoms with E-state index in [0.717, 1.165) is 31.2 Å². The maximum absolute atomic E-state index is 12.6. The molecule has 2 aromatic rings. The van der Waals surface area contributed by atoms with E-state index < -0.39 is 0 Å². The van der Waals surface area contributed by atoms with E-state index in [1.807, 2.05) is 37.3 Å². The predicted octanol–water partition coefficient (Wildman–Crippen LogP) is 5.08. The summed E-state index contributed by atoms with van der Waals surface area (Å²) in [6.07, 6.45) is 3.61. The van der Waals surface area contributed by atoms with Crippen molar-refractivity contribution in [2.75, 3.05) is 17.2 Å². The van der Waals surface area contributed by atoms with Gasteiger partial charge in [0.1, 0.15) is 5.00 Å². The van der Waals surface area contributed by atoms with Gasteiger partial charge in [-0.25, -0.2) is 9.59 Å². The minimum Gasteiger partial charge on any atom is -0.462 e. The zero-order valence-corrected chi connectivity index (χ0v) is 15.9. The minimum absolute atomic E-state index is 0.339. The molecule has 0 radical (unpaired) electrons. The largest absolute Gasteiger partial charge is 0.462 e. The van der Waals surface area contributed by atoms with Crippen molar-refractivity contribution in [3.05, 3.63) is 46.3 Å². The fourth-order valence-electron chi connectivity index (χ4n) is 3.11. The van der Waals surface area contributed by atoms with Crippen LogP contribution in [0.2, 0.25) is 0 Å². The van der Waals surface area contributed by atoms with Crippen LogP contribution in [0.1, 0.15) is 47.5 Å². The molecule has 0 saturated carbocycles. The molecular formula is C20H24N2O3S. The Morgan fingerprint density at radius 1 is 1.23 bits per heavy atom. The van der Waals surface area contributed by atoms with Crippen molar-refractivity contribution >= 4 is 34.0 Å². The van der Waals surface area contributed by atoms with Crippen LogP contribution in [0.4, 0.5) is 15.5 Å². The molecule has 26 heavy (non-hydrogen) atoms. The molecule has 0 spiro atoms. The molecule has 1 heterocycles. The normalized spacial score (nSPS) is 15.8. The Hall–Kier alpha value is -2.34. The predicted molar refractivity (Wildman–Crippen MR) is 105 cm³/mol. The Morgan fingerprint density at radius 2 is 2.00 bits per heavy atom. The highest BCUT2D eigenvalue weighted by molar-refractivity contribution is 7.17. The number of benzene rings is 1. The molecular weight excluding hydrogens is 348 g/mol. The number of hydrogen-bond acceptors (Lipinski definition) is 4. The summed E-state index contributed by atoms with van der Waals surface area (Å²) in [6.45, 7) is 4.56. The molecule has 0 fully saturated rings. The number of fused-ring (bicyclic) bond motifs is 1. The number of urea groups is 1. The molecule has 1 aliphatic carbocycles. The van der Waals surface area contributed by atoms with Crippen LogP contribution in [0.5, 0.6) is 0 Å². The lowest BCUT2D eigenvalue weighted by molar-refractivity contribution is 0.0505. The number of esters is 1. The summed E-state index contributed by atoms with van der Waals surface area (Å²) < 4.78 is 5.37. The van der Waals surface area contributed by atoms with Gasteiger partial charge in [0, 0.05) is 10.6 Å². The topological polar surface area (TPSA) is 67.4 Å². The number of thiophene rings is 1. The number of carbonyl (C=O) groups excluding carboxylic acids is 2. The lowest BCUT2D eigenvalue weighted by atomic mass is 9.88. The van der Waals surface area contributed by atoms with Gasteiger partial charge < -0.3 is 10.1 Å². The number of rotatable bonds is 5. The summed E-state index contributed by atoms with van der Waals surface area (Å²) >= 11 is 1.49. The summed E-state index contributed by atoms with van der Waals surface area (Å²) in [5.74, 6) is 0.251. The summed E-state index contributed by atoms with van der Waals surface area (Å²) in [5, 5.41) is 6.23.